The molecule has 0 fully saturated rings. The number of carboxylic acids is 2. The highest BCUT2D eigenvalue weighted by Gasteiger charge is 2.30. The minimum absolute atomic E-state index is 0.0219. The fourth-order valence-electron chi connectivity index (χ4n) is 3.92. The lowest BCUT2D eigenvalue weighted by Crippen LogP contribution is -2.54. The normalized spacial score (nSPS) is 13.9. The van der Waals surface area contributed by atoms with Gasteiger partial charge in [-0.3, -0.25) is 14.4 Å². The van der Waals surface area contributed by atoms with Crippen LogP contribution < -0.4 is 21.7 Å². The van der Waals surface area contributed by atoms with Crippen LogP contribution in [0.4, 0.5) is 0 Å². The van der Waals surface area contributed by atoms with Crippen molar-refractivity contribution in [1.29, 1.82) is 0 Å². The first-order valence-electron chi connectivity index (χ1n) is 12.8. The SMILES string of the molecule is CC(C)C[C@@H](NC(=O)[C@H](Cc1ccccc1)NC(=O)C[C@@H](NC(=O)[C@@H](N)Cc1ccc(O)cc1)C(=O)O)C(=O)O. The molecule has 0 saturated carbocycles. The monoisotopic (exact) mass is 556 g/mol. The summed E-state index contributed by atoms with van der Waals surface area (Å²) < 4.78 is 0. The summed E-state index contributed by atoms with van der Waals surface area (Å²) in [5, 5.41) is 35.7. The zero-order valence-corrected chi connectivity index (χ0v) is 22.4. The number of carboxylic acid groups (broad SMARTS) is 2. The van der Waals surface area contributed by atoms with Crippen LogP contribution in [-0.4, -0.2) is 69.1 Å². The van der Waals surface area contributed by atoms with E-state index in [1.807, 2.05) is 13.8 Å². The van der Waals surface area contributed by atoms with Gasteiger partial charge >= 0.3 is 11.9 Å². The van der Waals surface area contributed by atoms with Gasteiger partial charge in [0.2, 0.25) is 17.7 Å². The van der Waals surface area contributed by atoms with Crippen molar-refractivity contribution in [3.8, 4) is 5.75 Å². The minimum atomic E-state index is -1.63. The Morgan fingerprint density at radius 2 is 1.27 bits per heavy atom. The molecule has 0 aliphatic heterocycles. The number of rotatable bonds is 15. The summed E-state index contributed by atoms with van der Waals surface area (Å²) in [6, 6.07) is 9.55. The third kappa shape index (κ3) is 10.7. The quantitative estimate of drug-likeness (QED) is 0.163. The topological polar surface area (TPSA) is 208 Å². The van der Waals surface area contributed by atoms with Crippen LogP contribution in [0.25, 0.3) is 0 Å². The van der Waals surface area contributed by atoms with E-state index in [0.717, 1.165) is 0 Å². The van der Waals surface area contributed by atoms with E-state index in [1.165, 1.54) is 12.1 Å². The molecule has 40 heavy (non-hydrogen) atoms. The number of phenolic OH excluding ortho intramolecular Hbond substituents is 1. The van der Waals surface area contributed by atoms with Crippen molar-refractivity contribution in [3.05, 3.63) is 65.7 Å². The Hall–Kier alpha value is -4.45. The number of aromatic hydroxyl groups is 1. The van der Waals surface area contributed by atoms with Gasteiger partial charge in [0.25, 0.3) is 0 Å². The van der Waals surface area contributed by atoms with Crippen LogP contribution in [0.2, 0.25) is 0 Å². The molecule has 0 saturated heterocycles. The molecule has 216 valence electrons. The second-order valence-corrected chi connectivity index (χ2v) is 9.92. The lowest BCUT2D eigenvalue weighted by molar-refractivity contribution is -0.144. The molecule has 12 heteroatoms. The first-order valence-corrected chi connectivity index (χ1v) is 12.8. The zero-order valence-electron chi connectivity index (χ0n) is 22.4. The third-order valence-corrected chi connectivity index (χ3v) is 5.99. The molecule has 2 rings (SSSR count). The Balaban J connectivity index is 2.10. The second kappa shape index (κ2) is 15.2. The molecule has 12 nitrogen and oxygen atoms in total. The molecular formula is C28H36N4O8. The predicted molar refractivity (Wildman–Crippen MR) is 145 cm³/mol. The van der Waals surface area contributed by atoms with E-state index in [4.69, 9.17) is 5.73 Å². The predicted octanol–water partition coefficient (Wildman–Crippen LogP) is 0.565. The Kier molecular flexibility index (Phi) is 12.1. The molecule has 0 spiro atoms. The maximum Gasteiger partial charge on any atom is 0.326 e. The molecule has 0 aliphatic rings. The molecule has 0 aromatic heterocycles. The van der Waals surface area contributed by atoms with Crippen LogP contribution in [0.15, 0.2) is 54.6 Å². The fourth-order valence-corrected chi connectivity index (χ4v) is 3.92. The number of phenols is 1. The van der Waals surface area contributed by atoms with Crippen LogP contribution in [0.1, 0.15) is 37.8 Å². The first kappa shape index (κ1) is 31.8. The van der Waals surface area contributed by atoms with Gasteiger partial charge in [-0.2, -0.15) is 0 Å². The van der Waals surface area contributed by atoms with Crippen LogP contribution in [0.5, 0.6) is 5.75 Å². The number of carbonyl (C=O) groups excluding carboxylic acids is 3. The molecule has 0 bridgehead atoms. The zero-order chi connectivity index (χ0) is 29.8. The summed E-state index contributed by atoms with van der Waals surface area (Å²) in [5.41, 5.74) is 7.23. The number of hydrogen-bond acceptors (Lipinski definition) is 7. The van der Waals surface area contributed by atoms with Crippen LogP contribution >= 0.6 is 0 Å². The molecule has 0 unspecified atom stereocenters. The van der Waals surface area contributed by atoms with Gasteiger partial charge in [-0.15, -0.1) is 0 Å². The lowest BCUT2D eigenvalue weighted by Gasteiger charge is -2.23. The number of nitrogens with two attached hydrogens (primary N) is 1. The largest absolute Gasteiger partial charge is 0.508 e. The molecule has 3 amide bonds. The van der Waals surface area contributed by atoms with Crippen molar-refractivity contribution in [3.63, 3.8) is 0 Å². The number of carbonyl (C=O) groups is 5. The van der Waals surface area contributed by atoms with E-state index in [9.17, 15) is 39.3 Å². The summed E-state index contributed by atoms with van der Waals surface area (Å²) in [6.45, 7) is 3.62. The highest BCUT2D eigenvalue weighted by molar-refractivity contribution is 5.93. The van der Waals surface area contributed by atoms with Gasteiger partial charge in [-0.25, -0.2) is 9.59 Å². The third-order valence-electron chi connectivity index (χ3n) is 5.99. The average molecular weight is 557 g/mol. The molecule has 2 aromatic carbocycles. The van der Waals surface area contributed by atoms with Crippen LogP contribution in [0.3, 0.4) is 0 Å². The highest BCUT2D eigenvalue weighted by atomic mass is 16.4. The van der Waals surface area contributed by atoms with Gasteiger partial charge in [0.05, 0.1) is 12.5 Å². The number of nitrogens with one attached hydrogen (secondary N) is 3. The molecule has 0 aliphatic carbocycles. The van der Waals surface area contributed by atoms with E-state index >= 15 is 0 Å². The van der Waals surface area contributed by atoms with Crippen molar-refractivity contribution in [2.75, 3.05) is 0 Å². The minimum Gasteiger partial charge on any atom is -0.508 e. The molecule has 8 N–H and O–H groups in total. The summed E-state index contributed by atoms with van der Waals surface area (Å²) in [4.78, 5) is 61.9. The Morgan fingerprint density at radius 1 is 0.725 bits per heavy atom. The van der Waals surface area contributed by atoms with Gasteiger partial charge in [0.15, 0.2) is 0 Å². The Bertz CT molecular complexity index is 1170. The van der Waals surface area contributed by atoms with Crippen LogP contribution in [0, 0.1) is 5.92 Å². The van der Waals surface area contributed by atoms with Gasteiger partial charge in [-0.05, 0) is 42.0 Å². The van der Waals surface area contributed by atoms with E-state index in [-0.39, 0.29) is 30.9 Å². The standard InChI is InChI=1S/C28H36N4O8/c1-16(2)12-22(27(37)38)32-26(36)21(14-17-6-4-3-5-7-17)30-24(34)15-23(28(39)40)31-25(35)20(29)13-18-8-10-19(33)11-9-18/h3-11,16,20-23,33H,12-15,29H2,1-2H3,(H,30,34)(H,31,35)(H,32,36)(H,37,38)(H,39,40)/t20-,21-,22+,23+/m0/s1. The van der Waals surface area contributed by atoms with Gasteiger partial charge in [-0.1, -0.05) is 56.3 Å². The fraction of sp³-hybridized carbons (Fsp3) is 0.393. The van der Waals surface area contributed by atoms with Crippen molar-refractivity contribution in [1.82, 2.24) is 16.0 Å². The second-order valence-electron chi connectivity index (χ2n) is 9.92. The van der Waals surface area contributed by atoms with Gasteiger partial charge in [0, 0.05) is 6.42 Å². The van der Waals surface area contributed by atoms with E-state index in [0.29, 0.717) is 11.1 Å². The van der Waals surface area contributed by atoms with Crippen molar-refractivity contribution in [2.24, 2.45) is 11.7 Å². The molecule has 0 heterocycles. The van der Waals surface area contributed by atoms with Crippen LogP contribution in [-0.2, 0) is 36.8 Å². The Labute approximate surface area is 232 Å². The average Bonchev–Trinajstić information content (AvgIpc) is 2.88. The summed E-state index contributed by atoms with van der Waals surface area (Å²) in [7, 11) is 0. The first-order chi connectivity index (χ1) is 18.8. The summed E-state index contributed by atoms with van der Waals surface area (Å²) in [5.74, 6) is -5.06. The number of aliphatic carboxylic acids is 2. The van der Waals surface area contributed by atoms with Gasteiger partial charge in [0.1, 0.15) is 23.9 Å². The number of hydrogen-bond donors (Lipinski definition) is 7. The summed E-state index contributed by atoms with van der Waals surface area (Å²) >= 11 is 0. The molecule has 4 atom stereocenters. The molecule has 2 aromatic rings. The van der Waals surface area contributed by atoms with Crippen molar-refractivity contribution >= 4 is 29.7 Å². The van der Waals surface area contributed by atoms with Crippen molar-refractivity contribution in [2.45, 2.75) is 63.7 Å². The van der Waals surface area contributed by atoms with E-state index in [1.54, 1.807) is 42.5 Å². The highest BCUT2D eigenvalue weighted by Crippen LogP contribution is 2.12. The maximum atomic E-state index is 13.1. The van der Waals surface area contributed by atoms with Gasteiger partial charge < -0.3 is 37.0 Å². The van der Waals surface area contributed by atoms with Crippen molar-refractivity contribution < 1.29 is 39.3 Å². The number of benzene rings is 2. The lowest BCUT2D eigenvalue weighted by atomic mass is 10.0. The van der Waals surface area contributed by atoms with E-state index < -0.39 is 60.2 Å². The Morgan fingerprint density at radius 3 is 1.82 bits per heavy atom. The molecular weight excluding hydrogens is 520 g/mol. The van der Waals surface area contributed by atoms with E-state index in [2.05, 4.69) is 16.0 Å². The maximum absolute atomic E-state index is 13.1. The smallest absolute Gasteiger partial charge is 0.326 e. The molecule has 0 radical (unpaired) electrons. The number of amides is 3. The summed E-state index contributed by atoms with van der Waals surface area (Å²) in [6.07, 6.45) is -0.441.